The highest BCUT2D eigenvalue weighted by atomic mass is 32.1. The molecule has 33 heavy (non-hydrogen) atoms. The number of carbonyl (C=O) groups is 3. The molecule has 8 nitrogen and oxygen atoms in total. The number of carbonyl (C=O) groups excluding carboxylic acids is 3. The van der Waals surface area contributed by atoms with Crippen molar-refractivity contribution in [2.45, 2.75) is 25.8 Å². The molecule has 4 rings (SSSR count). The molecular formula is C24H28N4O4S. The molecule has 0 aliphatic carbocycles. The van der Waals surface area contributed by atoms with Gasteiger partial charge in [0.15, 0.2) is 0 Å². The van der Waals surface area contributed by atoms with Crippen LogP contribution in [0.3, 0.4) is 0 Å². The van der Waals surface area contributed by atoms with Gasteiger partial charge in [-0.2, -0.15) is 0 Å². The summed E-state index contributed by atoms with van der Waals surface area (Å²) in [5.41, 5.74) is 2.48. The van der Waals surface area contributed by atoms with E-state index in [2.05, 4.69) is 5.32 Å². The van der Waals surface area contributed by atoms with Crippen molar-refractivity contribution in [1.29, 1.82) is 0 Å². The third-order valence-corrected chi connectivity index (χ3v) is 6.78. The van der Waals surface area contributed by atoms with Crippen LogP contribution in [0.5, 0.6) is 0 Å². The number of benzene rings is 1. The molecule has 0 bridgehead atoms. The third-order valence-electron chi connectivity index (χ3n) is 5.89. The van der Waals surface area contributed by atoms with Crippen LogP contribution in [-0.4, -0.2) is 67.5 Å². The van der Waals surface area contributed by atoms with Crippen molar-refractivity contribution < 1.29 is 19.1 Å². The number of likely N-dealkylation sites (tertiary alicyclic amines) is 1. The quantitative estimate of drug-likeness (QED) is 0.652. The van der Waals surface area contributed by atoms with E-state index in [0.29, 0.717) is 43.8 Å². The Morgan fingerprint density at radius 1 is 1.12 bits per heavy atom. The van der Waals surface area contributed by atoms with E-state index in [0.717, 1.165) is 16.3 Å². The number of imide groups is 1. The molecule has 0 unspecified atom stereocenters. The molecule has 9 heteroatoms. The predicted molar refractivity (Wildman–Crippen MR) is 129 cm³/mol. The second-order valence-corrected chi connectivity index (χ2v) is 9.14. The van der Waals surface area contributed by atoms with Gasteiger partial charge >= 0.3 is 6.09 Å². The Bertz CT molecular complexity index is 1050. The molecule has 2 aliphatic heterocycles. The first-order valence-corrected chi connectivity index (χ1v) is 11.9. The summed E-state index contributed by atoms with van der Waals surface area (Å²) in [5, 5.41) is 5.10. The standard InChI is InChI=1S/C24H28N4O4S/c1-4-32-24(31)27-13-11-18(12-14-27)28-22(29)20(19-6-5-15-33-19)21(23(28)30)25-16-7-9-17(10-8-16)26(2)3/h5-10,15,18,25H,4,11-14H2,1-3H3. The molecule has 3 heterocycles. The van der Waals surface area contributed by atoms with Gasteiger partial charge < -0.3 is 19.9 Å². The van der Waals surface area contributed by atoms with Crippen molar-refractivity contribution in [3.8, 4) is 0 Å². The van der Waals surface area contributed by atoms with Gasteiger partial charge in [0.05, 0.1) is 12.2 Å². The summed E-state index contributed by atoms with van der Waals surface area (Å²) in [4.78, 5) is 44.7. The molecule has 1 N–H and O–H groups in total. The van der Waals surface area contributed by atoms with Gasteiger partial charge in [-0.05, 0) is 55.5 Å². The molecule has 0 radical (unpaired) electrons. The minimum absolute atomic E-state index is 0.263. The van der Waals surface area contributed by atoms with Crippen molar-refractivity contribution in [2.24, 2.45) is 0 Å². The number of piperidine rings is 1. The lowest BCUT2D eigenvalue weighted by Gasteiger charge is -2.35. The number of nitrogens with one attached hydrogen (secondary N) is 1. The van der Waals surface area contributed by atoms with E-state index in [-0.39, 0.29) is 23.9 Å². The number of ether oxygens (including phenoxy) is 1. The van der Waals surface area contributed by atoms with Crippen LogP contribution in [0.2, 0.25) is 0 Å². The normalized spacial score (nSPS) is 17.1. The fourth-order valence-electron chi connectivity index (χ4n) is 4.15. The van der Waals surface area contributed by atoms with E-state index < -0.39 is 0 Å². The van der Waals surface area contributed by atoms with Crippen LogP contribution >= 0.6 is 11.3 Å². The summed E-state index contributed by atoms with van der Waals surface area (Å²) in [5.74, 6) is -0.612. The number of anilines is 2. The maximum Gasteiger partial charge on any atom is 0.409 e. The summed E-state index contributed by atoms with van der Waals surface area (Å²) in [6, 6.07) is 11.2. The highest BCUT2D eigenvalue weighted by molar-refractivity contribution is 7.11. The van der Waals surface area contributed by atoms with Gasteiger partial charge in [-0.1, -0.05) is 6.07 Å². The van der Waals surface area contributed by atoms with Crippen molar-refractivity contribution in [2.75, 3.05) is 44.0 Å². The molecule has 0 saturated carbocycles. The van der Waals surface area contributed by atoms with Gasteiger partial charge in [-0.3, -0.25) is 14.5 Å². The van der Waals surface area contributed by atoms with Crippen LogP contribution in [0.4, 0.5) is 16.2 Å². The van der Waals surface area contributed by atoms with Crippen molar-refractivity contribution in [3.63, 3.8) is 0 Å². The van der Waals surface area contributed by atoms with E-state index in [9.17, 15) is 14.4 Å². The molecule has 1 saturated heterocycles. The number of nitrogens with zero attached hydrogens (tertiary/aromatic N) is 3. The molecular weight excluding hydrogens is 440 g/mol. The van der Waals surface area contributed by atoms with Crippen LogP contribution in [0.25, 0.3) is 5.57 Å². The zero-order valence-corrected chi connectivity index (χ0v) is 19.9. The van der Waals surface area contributed by atoms with Gasteiger partial charge in [-0.15, -0.1) is 11.3 Å². The summed E-state index contributed by atoms with van der Waals surface area (Å²) < 4.78 is 5.08. The molecule has 2 aliphatic rings. The third kappa shape index (κ3) is 4.59. The minimum Gasteiger partial charge on any atom is -0.450 e. The minimum atomic E-state index is -0.351. The predicted octanol–water partition coefficient (Wildman–Crippen LogP) is 3.63. The Kier molecular flexibility index (Phi) is 6.69. The molecule has 1 aromatic carbocycles. The first kappa shape index (κ1) is 22.8. The van der Waals surface area contributed by atoms with E-state index in [1.807, 2.05) is 60.8 Å². The highest BCUT2D eigenvalue weighted by Crippen LogP contribution is 2.35. The van der Waals surface area contributed by atoms with Crippen LogP contribution in [-0.2, 0) is 14.3 Å². The molecule has 1 fully saturated rings. The lowest BCUT2D eigenvalue weighted by Crippen LogP contribution is -2.49. The van der Waals surface area contributed by atoms with Crippen LogP contribution in [0.15, 0.2) is 47.5 Å². The van der Waals surface area contributed by atoms with Gasteiger partial charge in [0.1, 0.15) is 5.70 Å². The summed E-state index contributed by atoms with van der Waals surface area (Å²) in [6.45, 7) is 2.99. The Morgan fingerprint density at radius 3 is 2.39 bits per heavy atom. The van der Waals surface area contributed by atoms with Gasteiger partial charge in [0, 0.05) is 49.5 Å². The molecule has 2 aromatic rings. The molecule has 174 valence electrons. The molecule has 0 spiro atoms. The van der Waals surface area contributed by atoms with Crippen LogP contribution in [0.1, 0.15) is 24.6 Å². The Balaban J connectivity index is 1.56. The number of hydrogen-bond donors (Lipinski definition) is 1. The Hall–Kier alpha value is -3.33. The van der Waals surface area contributed by atoms with E-state index in [1.165, 1.54) is 16.2 Å². The number of amides is 3. The van der Waals surface area contributed by atoms with Crippen molar-refractivity contribution in [1.82, 2.24) is 9.80 Å². The van der Waals surface area contributed by atoms with Crippen molar-refractivity contribution in [3.05, 3.63) is 52.4 Å². The zero-order chi connectivity index (χ0) is 23.5. The molecule has 3 amide bonds. The topological polar surface area (TPSA) is 82.2 Å². The zero-order valence-electron chi connectivity index (χ0n) is 19.0. The molecule has 1 aromatic heterocycles. The lowest BCUT2D eigenvalue weighted by atomic mass is 10.0. The maximum absolute atomic E-state index is 13.5. The summed E-state index contributed by atoms with van der Waals surface area (Å²) >= 11 is 1.43. The van der Waals surface area contributed by atoms with Gasteiger partial charge in [-0.25, -0.2) is 4.79 Å². The fraction of sp³-hybridized carbons (Fsp3) is 0.375. The largest absolute Gasteiger partial charge is 0.450 e. The SMILES string of the molecule is CCOC(=O)N1CCC(N2C(=O)C(Nc3ccc(N(C)C)cc3)=C(c3cccs3)C2=O)CC1. The number of thiophene rings is 1. The van der Waals surface area contributed by atoms with Crippen molar-refractivity contribution >= 4 is 46.2 Å². The summed E-state index contributed by atoms with van der Waals surface area (Å²) in [7, 11) is 3.92. The van der Waals surface area contributed by atoms with E-state index in [1.54, 1.807) is 11.8 Å². The number of hydrogen-bond acceptors (Lipinski definition) is 7. The smallest absolute Gasteiger partial charge is 0.409 e. The average Bonchev–Trinajstić information content (AvgIpc) is 3.41. The first-order chi connectivity index (χ1) is 15.9. The second-order valence-electron chi connectivity index (χ2n) is 8.19. The average molecular weight is 469 g/mol. The fourth-order valence-corrected chi connectivity index (χ4v) is 4.92. The van der Waals surface area contributed by atoms with Gasteiger partial charge in [0.25, 0.3) is 11.8 Å². The molecule has 0 atom stereocenters. The monoisotopic (exact) mass is 468 g/mol. The lowest BCUT2D eigenvalue weighted by molar-refractivity contribution is -0.140. The number of rotatable bonds is 6. The van der Waals surface area contributed by atoms with E-state index >= 15 is 0 Å². The van der Waals surface area contributed by atoms with E-state index in [4.69, 9.17) is 4.74 Å². The van der Waals surface area contributed by atoms with Gasteiger partial charge in [0.2, 0.25) is 0 Å². The maximum atomic E-state index is 13.5. The summed E-state index contributed by atoms with van der Waals surface area (Å²) in [6.07, 6.45) is 0.702. The highest BCUT2D eigenvalue weighted by Gasteiger charge is 2.44. The van der Waals surface area contributed by atoms with Crippen LogP contribution in [0, 0.1) is 0 Å². The van der Waals surface area contributed by atoms with Crippen LogP contribution < -0.4 is 10.2 Å². The first-order valence-electron chi connectivity index (χ1n) is 11.0. The Morgan fingerprint density at radius 2 is 1.82 bits per heavy atom. The second kappa shape index (κ2) is 9.66. The Labute approximate surface area is 197 Å².